The molecule has 0 bridgehead atoms. The minimum absolute atomic E-state index is 0.459. The van der Waals surface area contributed by atoms with Crippen molar-refractivity contribution in [1.29, 1.82) is 0 Å². The second kappa shape index (κ2) is 18.3. The molecule has 0 rings (SSSR count). The molecule has 0 aromatic carbocycles. The molecule has 0 aromatic rings. The maximum Gasteiger partial charge on any atom is 0.00671 e. The van der Waals surface area contributed by atoms with Gasteiger partial charge in [-0.05, 0) is 25.2 Å². The summed E-state index contributed by atoms with van der Waals surface area (Å²) < 4.78 is 0. The highest BCUT2D eigenvalue weighted by molar-refractivity contribution is 4.73. The van der Waals surface area contributed by atoms with Crippen LogP contribution in [0.3, 0.4) is 0 Å². The highest BCUT2D eigenvalue weighted by Crippen LogP contribution is 2.23. The van der Waals surface area contributed by atoms with Crippen LogP contribution in [0.5, 0.6) is 0 Å². The summed E-state index contributed by atoms with van der Waals surface area (Å²) in [6, 6.07) is 0.459. The van der Waals surface area contributed by atoms with Crippen molar-refractivity contribution in [1.82, 2.24) is 0 Å². The highest BCUT2D eigenvalue weighted by Gasteiger charge is 2.16. The van der Waals surface area contributed by atoms with Crippen LogP contribution < -0.4 is 5.73 Å². The molecule has 140 valence electrons. The molecule has 1 nitrogen and oxygen atoms in total. The van der Waals surface area contributed by atoms with E-state index in [1.54, 1.807) is 0 Å². The molecular weight excluding hydrogens is 278 g/mol. The van der Waals surface area contributed by atoms with Crippen LogP contribution in [0.4, 0.5) is 0 Å². The largest absolute Gasteiger partial charge is 0.327 e. The first kappa shape index (κ1) is 23.0. The smallest absolute Gasteiger partial charge is 0.00671 e. The number of rotatable bonds is 18. The average molecular weight is 326 g/mol. The molecule has 0 amide bonds. The van der Waals surface area contributed by atoms with Gasteiger partial charge in [0.15, 0.2) is 0 Å². The molecule has 1 heteroatoms. The molecule has 0 aliphatic rings. The summed E-state index contributed by atoms with van der Waals surface area (Å²) in [6.07, 6.45) is 23.5. The molecule has 0 aliphatic heterocycles. The van der Waals surface area contributed by atoms with Gasteiger partial charge in [-0.15, -0.1) is 0 Å². The molecule has 0 saturated heterocycles. The second-order valence-electron chi connectivity index (χ2n) is 7.68. The summed E-state index contributed by atoms with van der Waals surface area (Å²) in [4.78, 5) is 0. The zero-order valence-corrected chi connectivity index (χ0v) is 16.8. The van der Waals surface area contributed by atoms with E-state index in [4.69, 9.17) is 5.73 Å². The number of hydrogen-bond acceptors (Lipinski definition) is 1. The Morgan fingerprint density at radius 2 is 0.870 bits per heavy atom. The van der Waals surface area contributed by atoms with Gasteiger partial charge in [0.2, 0.25) is 0 Å². The van der Waals surface area contributed by atoms with Crippen molar-refractivity contribution in [2.75, 3.05) is 0 Å². The lowest BCUT2D eigenvalue weighted by molar-refractivity contribution is 0.324. The summed E-state index contributed by atoms with van der Waals surface area (Å²) in [7, 11) is 0. The minimum atomic E-state index is 0.459. The second-order valence-corrected chi connectivity index (χ2v) is 7.68. The van der Waals surface area contributed by atoms with E-state index in [2.05, 4.69) is 20.8 Å². The van der Waals surface area contributed by atoms with Crippen LogP contribution in [0.1, 0.15) is 130 Å². The monoisotopic (exact) mass is 325 g/mol. The van der Waals surface area contributed by atoms with E-state index in [-0.39, 0.29) is 0 Å². The lowest BCUT2D eigenvalue weighted by atomic mass is 9.86. The summed E-state index contributed by atoms with van der Waals surface area (Å²) in [5, 5.41) is 0. The van der Waals surface area contributed by atoms with Gasteiger partial charge >= 0.3 is 0 Å². The van der Waals surface area contributed by atoms with Crippen molar-refractivity contribution in [3.05, 3.63) is 0 Å². The quantitative estimate of drug-likeness (QED) is 0.258. The Kier molecular flexibility index (Phi) is 18.3. The fourth-order valence-electron chi connectivity index (χ4n) is 3.62. The van der Waals surface area contributed by atoms with Crippen molar-refractivity contribution >= 4 is 0 Å². The van der Waals surface area contributed by atoms with Crippen LogP contribution in [0.15, 0.2) is 0 Å². The SMILES string of the molecule is CCCCCCCCC(CCCCCCCC)C(N)CCCC. The third-order valence-electron chi connectivity index (χ3n) is 5.35. The number of hydrogen-bond donors (Lipinski definition) is 1. The van der Waals surface area contributed by atoms with Gasteiger partial charge in [0, 0.05) is 6.04 Å². The summed E-state index contributed by atoms with van der Waals surface area (Å²) in [6.45, 7) is 6.87. The predicted molar refractivity (Wildman–Crippen MR) is 107 cm³/mol. The van der Waals surface area contributed by atoms with Crippen LogP contribution >= 0.6 is 0 Å². The van der Waals surface area contributed by atoms with E-state index in [9.17, 15) is 0 Å². The average Bonchev–Trinajstić information content (AvgIpc) is 2.56. The van der Waals surface area contributed by atoms with Crippen LogP contribution in [0, 0.1) is 5.92 Å². The van der Waals surface area contributed by atoms with Crippen molar-refractivity contribution in [3.63, 3.8) is 0 Å². The lowest BCUT2D eigenvalue weighted by Crippen LogP contribution is -2.30. The fourth-order valence-corrected chi connectivity index (χ4v) is 3.62. The van der Waals surface area contributed by atoms with Crippen LogP contribution in [-0.2, 0) is 0 Å². The molecule has 0 saturated carbocycles. The molecular formula is C22H47N. The molecule has 0 spiro atoms. The molecule has 23 heavy (non-hydrogen) atoms. The Hall–Kier alpha value is -0.0400. The number of unbranched alkanes of at least 4 members (excludes halogenated alkanes) is 11. The van der Waals surface area contributed by atoms with Gasteiger partial charge in [-0.25, -0.2) is 0 Å². The van der Waals surface area contributed by atoms with E-state index in [0.717, 1.165) is 5.92 Å². The first-order valence-corrected chi connectivity index (χ1v) is 11.0. The molecule has 1 unspecified atom stereocenters. The van der Waals surface area contributed by atoms with Crippen LogP contribution in [0.25, 0.3) is 0 Å². The first-order chi connectivity index (χ1) is 11.3. The van der Waals surface area contributed by atoms with Crippen molar-refractivity contribution in [3.8, 4) is 0 Å². The molecule has 0 aliphatic carbocycles. The van der Waals surface area contributed by atoms with Gasteiger partial charge in [-0.2, -0.15) is 0 Å². The van der Waals surface area contributed by atoms with Crippen LogP contribution in [0.2, 0.25) is 0 Å². The summed E-state index contributed by atoms with van der Waals surface area (Å²) in [5.74, 6) is 0.791. The van der Waals surface area contributed by atoms with Gasteiger partial charge < -0.3 is 5.73 Å². The third-order valence-corrected chi connectivity index (χ3v) is 5.35. The van der Waals surface area contributed by atoms with E-state index >= 15 is 0 Å². The first-order valence-electron chi connectivity index (χ1n) is 11.0. The van der Waals surface area contributed by atoms with Crippen molar-refractivity contribution in [2.24, 2.45) is 11.7 Å². The Balaban J connectivity index is 3.88. The Labute approximate surface area is 148 Å². The molecule has 0 fully saturated rings. The van der Waals surface area contributed by atoms with Gasteiger partial charge in [-0.1, -0.05) is 111 Å². The molecule has 0 aromatic heterocycles. The minimum Gasteiger partial charge on any atom is -0.327 e. The maximum atomic E-state index is 6.53. The maximum absolute atomic E-state index is 6.53. The van der Waals surface area contributed by atoms with Gasteiger partial charge in [-0.3, -0.25) is 0 Å². The Morgan fingerprint density at radius 3 is 1.30 bits per heavy atom. The molecule has 0 heterocycles. The highest BCUT2D eigenvalue weighted by atomic mass is 14.6. The van der Waals surface area contributed by atoms with Gasteiger partial charge in [0.05, 0.1) is 0 Å². The van der Waals surface area contributed by atoms with E-state index in [1.165, 1.54) is 109 Å². The summed E-state index contributed by atoms with van der Waals surface area (Å²) in [5.41, 5.74) is 6.53. The molecule has 1 atom stereocenters. The normalized spacial score (nSPS) is 12.9. The fraction of sp³-hybridized carbons (Fsp3) is 1.00. The lowest BCUT2D eigenvalue weighted by Gasteiger charge is -2.24. The summed E-state index contributed by atoms with van der Waals surface area (Å²) >= 11 is 0. The van der Waals surface area contributed by atoms with E-state index in [1.807, 2.05) is 0 Å². The van der Waals surface area contributed by atoms with Gasteiger partial charge in [0.25, 0.3) is 0 Å². The Morgan fingerprint density at radius 1 is 0.478 bits per heavy atom. The zero-order valence-electron chi connectivity index (χ0n) is 16.8. The molecule has 0 radical (unpaired) electrons. The standard InChI is InChI=1S/C22H47N/c1-4-7-10-12-14-16-18-21(22(23)20-9-6-3)19-17-15-13-11-8-5-2/h21-22H,4-20,23H2,1-3H3. The Bertz CT molecular complexity index is 198. The van der Waals surface area contributed by atoms with Crippen molar-refractivity contribution in [2.45, 2.75) is 136 Å². The topological polar surface area (TPSA) is 26.0 Å². The number of nitrogens with two attached hydrogens (primary N) is 1. The van der Waals surface area contributed by atoms with E-state index in [0.29, 0.717) is 6.04 Å². The van der Waals surface area contributed by atoms with Gasteiger partial charge in [0.1, 0.15) is 0 Å². The predicted octanol–water partition coefficient (Wildman–Crippen LogP) is 7.62. The van der Waals surface area contributed by atoms with Crippen molar-refractivity contribution < 1.29 is 0 Å². The van der Waals surface area contributed by atoms with E-state index < -0.39 is 0 Å². The molecule has 2 N–H and O–H groups in total. The zero-order chi connectivity index (χ0) is 17.2. The third kappa shape index (κ3) is 15.2. The van der Waals surface area contributed by atoms with Crippen LogP contribution in [-0.4, -0.2) is 6.04 Å².